The number of benzene rings is 3. The molecule has 194 valence electrons. The lowest BCUT2D eigenvalue weighted by Gasteiger charge is -2.13. The van der Waals surface area contributed by atoms with Crippen LogP contribution in [-0.4, -0.2) is 29.5 Å². The van der Waals surface area contributed by atoms with Crippen molar-refractivity contribution in [2.75, 3.05) is 20.4 Å². The van der Waals surface area contributed by atoms with Crippen LogP contribution in [0.2, 0.25) is 0 Å². The number of hydrogen-bond acceptors (Lipinski definition) is 4. The second kappa shape index (κ2) is 12.9. The molecule has 0 spiro atoms. The minimum atomic E-state index is -2.94. The molecule has 6 nitrogen and oxygen atoms in total. The van der Waals surface area contributed by atoms with Crippen molar-refractivity contribution in [1.82, 2.24) is 9.13 Å². The third-order valence-corrected chi connectivity index (χ3v) is 8.60. The first-order valence-electron chi connectivity index (χ1n) is 12.8. The fourth-order valence-electron chi connectivity index (χ4n) is 4.68. The fraction of sp³-hybridized carbons (Fsp3) is 0.300. The Labute approximate surface area is 219 Å². The molecule has 0 radical (unpaired) electrons. The molecule has 0 saturated carbocycles. The van der Waals surface area contributed by atoms with Gasteiger partial charge >= 0.3 is 13.3 Å². The van der Waals surface area contributed by atoms with E-state index in [1.165, 1.54) is 14.2 Å². The van der Waals surface area contributed by atoms with Gasteiger partial charge in [0.15, 0.2) is 0 Å². The van der Waals surface area contributed by atoms with Gasteiger partial charge in [-0.3, -0.25) is 13.7 Å². The summed E-state index contributed by atoms with van der Waals surface area (Å²) in [4.78, 5) is 14.0. The summed E-state index contributed by atoms with van der Waals surface area (Å²) in [6.07, 6.45) is 5.00. The highest BCUT2D eigenvalue weighted by Gasteiger charge is 2.23. The standard InChI is InChI=1S/C30H35N2O4P/c1-35-37(34,36-2)24-16-5-3-4-15-23-31-28(25-17-9-6-10-18-25)29(26-19-11-7-12-20-26)32(30(31)33)27-21-13-8-14-22-27/h6-14,17-22H,3-5,15-16,23-24H2,1-2H3. The van der Waals surface area contributed by atoms with Gasteiger partial charge in [-0.15, -0.1) is 0 Å². The van der Waals surface area contributed by atoms with Crippen molar-refractivity contribution in [2.24, 2.45) is 0 Å². The molecule has 0 atom stereocenters. The monoisotopic (exact) mass is 518 g/mol. The lowest BCUT2D eigenvalue weighted by atomic mass is 10.0. The van der Waals surface area contributed by atoms with E-state index in [4.69, 9.17) is 9.05 Å². The zero-order chi connectivity index (χ0) is 26.1. The maximum absolute atomic E-state index is 14.0. The number of para-hydroxylation sites is 1. The number of unbranched alkanes of at least 4 members (excludes halogenated alkanes) is 4. The fourth-order valence-corrected chi connectivity index (χ4v) is 5.81. The van der Waals surface area contributed by atoms with Gasteiger partial charge in [0.05, 0.1) is 23.2 Å². The summed E-state index contributed by atoms with van der Waals surface area (Å²) in [5, 5.41) is 0. The van der Waals surface area contributed by atoms with Crippen molar-refractivity contribution in [2.45, 2.75) is 38.6 Å². The Bertz CT molecular complexity index is 1360. The predicted molar refractivity (Wildman–Crippen MR) is 150 cm³/mol. The van der Waals surface area contributed by atoms with Gasteiger partial charge in [0, 0.05) is 31.9 Å². The van der Waals surface area contributed by atoms with Crippen LogP contribution in [0.5, 0.6) is 0 Å². The van der Waals surface area contributed by atoms with Crippen LogP contribution in [0.3, 0.4) is 0 Å². The highest BCUT2D eigenvalue weighted by molar-refractivity contribution is 7.53. The highest BCUT2D eigenvalue weighted by Crippen LogP contribution is 2.47. The van der Waals surface area contributed by atoms with E-state index < -0.39 is 7.60 Å². The molecular formula is C30H35N2O4P. The minimum Gasteiger partial charge on any atom is -0.312 e. The van der Waals surface area contributed by atoms with E-state index in [-0.39, 0.29) is 5.69 Å². The SMILES string of the molecule is COP(=O)(CCCCCCCn1c(-c2ccccc2)c(-c2ccccc2)n(-c2ccccc2)c1=O)OC. The van der Waals surface area contributed by atoms with Crippen molar-refractivity contribution < 1.29 is 13.6 Å². The molecule has 0 aliphatic carbocycles. The molecule has 0 aliphatic heterocycles. The Kier molecular flexibility index (Phi) is 9.34. The summed E-state index contributed by atoms with van der Waals surface area (Å²) in [5.74, 6) is 0. The van der Waals surface area contributed by atoms with Gasteiger partial charge in [0.1, 0.15) is 0 Å². The first-order chi connectivity index (χ1) is 18.1. The molecule has 1 heterocycles. The summed E-state index contributed by atoms with van der Waals surface area (Å²) >= 11 is 0. The van der Waals surface area contributed by atoms with E-state index in [2.05, 4.69) is 24.3 Å². The number of hydrogen-bond donors (Lipinski definition) is 0. The van der Waals surface area contributed by atoms with Crippen LogP contribution in [0.4, 0.5) is 0 Å². The molecular weight excluding hydrogens is 483 g/mol. The molecule has 0 fully saturated rings. The Balaban J connectivity index is 1.63. The Morgan fingerprint density at radius 1 is 0.649 bits per heavy atom. The molecule has 7 heteroatoms. The Morgan fingerprint density at radius 3 is 1.70 bits per heavy atom. The van der Waals surface area contributed by atoms with Crippen molar-refractivity contribution in [3.63, 3.8) is 0 Å². The summed E-state index contributed by atoms with van der Waals surface area (Å²) in [6, 6.07) is 30.1. The third kappa shape index (κ3) is 6.40. The second-order valence-corrected chi connectivity index (χ2v) is 11.4. The summed E-state index contributed by atoms with van der Waals surface area (Å²) in [7, 11) is -0.0849. The maximum atomic E-state index is 14.0. The molecule has 1 aromatic heterocycles. The van der Waals surface area contributed by atoms with Gasteiger partial charge in [-0.25, -0.2) is 4.79 Å². The smallest absolute Gasteiger partial charge is 0.312 e. The van der Waals surface area contributed by atoms with Crippen LogP contribution in [0.15, 0.2) is 95.8 Å². The second-order valence-electron chi connectivity index (χ2n) is 9.00. The van der Waals surface area contributed by atoms with E-state index >= 15 is 0 Å². The molecule has 0 aliphatic rings. The van der Waals surface area contributed by atoms with Gasteiger partial charge in [0.25, 0.3) is 0 Å². The average molecular weight is 519 g/mol. The van der Waals surface area contributed by atoms with Crippen LogP contribution >= 0.6 is 7.60 Å². The summed E-state index contributed by atoms with van der Waals surface area (Å²) in [5.41, 5.74) is 4.66. The first kappa shape index (κ1) is 26.9. The largest absolute Gasteiger partial charge is 0.333 e. The summed E-state index contributed by atoms with van der Waals surface area (Å²) < 4.78 is 26.0. The molecule has 4 rings (SSSR count). The lowest BCUT2D eigenvalue weighted by Crippen LogP contribution is -2.24. The van der Waals surface area contributed by atoms with E-state index in [9.17, 15) is 9.36 Å². The van der Waals surface area contributed by atoms with Crippen molar-refractivity contribution >= 4 is 7.60 Å². The molecule has 0 N–H and O–H groups in total. The quantitative estimate of drug-likeness (QED) is 0.137. The zero-order valence-electron chi connectivity index (χ0n) is 21.6. The molecule has 0 unspecified atom stereocenters. The average Bonchev–Trinajstić information content (AvgIpc) is 3.25. The molecule has 3 aromatic carbocycles. The molecule has 0 bridgehead atoms. The third-order valence-electron chi connectivity index (χ3n) is 6.62. The Hall–Kier alpha value is -3.18. The normalized spacial score (nSPS) is 11.6. The van der Waals surface area contributed by atoms with Crippen LogP contribution < -0.4 is 5.69 Å². The van der Waals surface area contributed by atoms with Crippen molar-refractivity contribution in [1.29, 1.82) is 0 Å². The van der Waals surface area contributed by atoms with Crippen LogP contribution in [-0.2, 0) is 20.2 Å². The van der Waals surface area contributed by atoms with Crippen LogP contribution in [0, 0.1) is 0 Å². The molecule has 0 amide bonds. The van der Waals surface area contributed by atoms with Crippen LogP contribution in [0.25, 0.3) is 28.2 Å². The van der Waals surface area contributed by atoms with Gasteiger partial charge < -0.3 is 9.05 Å². The lowest BCUT2D eigenvalue weighted by molar-refractivity contribution is 0.275. The molecule has 37 heavy (non-hydrogen) atoms. The number of aromatic nitrogens is 2. The topological polar surface area (TPSA) is 62.5 Å². The Morgan fingerprint density at radius 2 is 1.14 bits per heavy atom. The van der Waals surface area contributed by atoms with Gasteiger partial charge in [-0.05, 0) is 25.0 Å². The highest BCUT2D eigenvalue weighted by atomic mass is 31.2. The number of rotatable bonds is 13. The minimum absolute atomic E-state index is 0.0370. The summed E-state index contributed by atoms with van der Waals surface area (Å²) in [6.45, 7) is 0.622. The van der Waals surface area contributed by atoms with Gasteiger partial charge in [-0.1, -0.05) is 98.1 Å². The van der Waals surface area contributed by atoms with Gasteiger partial charge in [-0.2, -0.15) is 0 Å². The maximum Gasteiger partial charge on any atom is 0.333 e. The van der Waals surface area contributed by atoms with E-state index in [0.29, 0.717) is 12.7 Å². The zero-order valence-corrected chi connectivity index (χ0v) is 22.5. The van der Waals surface area contributed by atoms with E-state index in [0.717, 1.165) is 60.3 Å². The van der Waals surface area contributed by atoms with Crippen molar-refractivity contribution in [3.8, 4) is 28.2 Å². The van der Waals surface area contributed by atoms with Gasteiger partial charge in [0.2, 0.25) is 0 Å². The molecule has 0 saturated heterocycles. The van der Waals surface area contributed by atoms with E-state index in [1.54, 1.807) is 0 Å². The predicted octanol–water partition coefficient (Wildman–Crippen LogP) is 7.41. The van der Waals surface area contributed by atoms with E-state index in [1.807, 2.05) is 75.9 Å². The van der Waals surface area contributed by atoms with Crippen LogP contribution in [0.1, 0.15) is 32.1 Å². The first-order valence-corrected chi connectivity index (χ1v) is 14.5. The molecule has 4 aromatic rings. The van der Waals surface area contributed by atoms with Crippen molar-refractivity contribution in [3.05, 3.63) is 101 Å². The number of imidazole rings is 1. The number of nitrogens with zero attached hydrogens (tertiary/aromatic N) is 2.